The van der Waals surface area contributed by atoms with Crippen LogP contribution in [0.5, 0.6) is 0 Å². The molecule has 0 aliphatic rings. The standard InChI is InChI=1S/C17H21ClN6O/c1-3-9-24(10-15-19-14(4-2)20-21-15)11-16-22-23-17(25-16)12-7-5-6-8-13(12)18/h5-8H,3-4,9-11H2,1-2H3,(H,19,20,21). The highest BCUT2D eigenvalue weighted by Gasteiger charge is 2.15. The SMILES string of the molecule is CCCN(Cc1nc(CC)n[nH]1)Cc1nnc(-c2ccccc2Cl)o1. The van der Waals surface area contributed by atoms with E-state index in [-0.39, 0.29) is 0 Å². The largest absolute Gasteiger partial charge is 0.419 e. The van der Waals surface area contributed by atoms with Gasteiger partial charge in [0.1, 0.15) is 11.6 Å². The number of hydrogen-bond donors (Lipinski definition) is 1. The highest BCUT2D eigenvalue weighted by Crippen LogP contribution is 2.26. The third-order valence-corrected chi connectivity index (χ3v) is 4.07. The summed E-state index contributed by atoms with van der Waals surface area (Å²) in [5.41, 5.74) is 0.743. The molecule has 0 amide bonds. The van der Waals surface area contributed by atoms with Gasteiger partial charge in [-0.3, -0.25) is 10.00 Å². The first-order valence-corrected chi connectivity index (χ1v) is 8.77. The van der Waals surface area contributed by atoms with Crippen LogP contribution >= 0.6 is 11.6 Å². The van der Waals surface area contributed by atoms with Crippen molar-refractivity contribution in [3.63, 3.8) is 0 Å². The second-order valence-electron chi connectivity index (χ2n) is 5.74. The van der Waals surface area contributed by atoms with E-state index >= 15 is 0 Å². The van der Waals surface area contributed by atoms with E-state index in [0.717, 1.165) is 36.6 Å². The number of benzene rings is 1. The minimum atomic E-state index is 0.435. The fourth-order valence-electron chi connectivity index (χ4n) is 2.56. The monoisotopic (exact) mass is 360 g/mol. The number of aryl methyl sites for hydroxylation is 1. The van der Waals surface area contributed by atoms with Crippen LogP contribution in [0.2, 0.25) is 5.02 Å². The molecule has 132 valence electrons. The zero-order chi connectivity index (χ0) is 17.6. The molecular weight excluding hydrogens is 340 g/mol. The molecule has 0 aliphatic carbocycles. The second-order valence-corrected chi connectivity index (χ2v) is 6.15. The quantitative estimate of drug-likeness (QED) is 0.662. The van der Waals surface area contributed by atoms with Crippen molar-refractivity contribution in [2.75, 3.05) is 6.54 Å². The van der Waals surface area contributed by atoms with Crippen LogP contribution in [-0.4, -0.2) is 36.8 Å². The lowest BCUT2D eigenvalue weighted by molar-refractivity contribution is 0.227. The Morgan fingerprint density at radius 1 is 1.16 bits per heavy atom. The Bertz CT molecular complexity index is 815. The number of nitrogens with one attached hydrogen (secondary N) is 1. The van der Waals surface area contributed by atoms with Gasteiger partial charge in [0.25, 0.3) is 0 Å². The van der Waals surface area contributed by atoms with Crippen molar-refractivity contribution >= 4 is 11.6 Å². The number of rotatable bonds is 8. The normalized spacial score (nSPS) is 11.4. The van der Waals surface area contributed by atoms with Gasteiger partial charge in [-0.05, 0) is 25.1 Å². The first kappa shape index (κ1) is 17.6. The molecule has 0 unspecified atom stereocenters. The summed E-state index contributed by atoms with van der Waals surface area (Å²) < 4.78 is 5.80. The Morgan fingerprint density at radius 3 is 2.72 bits per heavy atom. The Labute approximate surface area is 151 Å². The molecule has 0 aliphatic heterocycles. The smallest absolute Gasteiger partial charge is 0.249 e. The van der Waals surface area contributed by atoms with Gasteiger partial charge in [-0.2, -0.15) is 5.10 Å². The predicted molar refractivity (Wildman–Crippen MR) is 94.9 cm³/mol. The van der Waals surface area contributed by atoms with Gasteiger partial charge in [0, 0.05) is 6.42 Å². The van der Waals surface area contributed by atoms with Crippen molar-refractivity contribution in [3.05, 3.63) is 46.8 Å². The summed E-state index contributed by atoms with van der Waals surface area (Å²) >= 11 is 6.19. The summed E-state index contributed by atoms with van der Waals surface area (Å²) in [4.78, 5) is 6.66. The molecule has 2 heterocycles. The maximum absolute atomic E-state index is 6.19. The lowest BCUT2D eigenvalue weighted by Gasteiger charge is -2.17. The van der Waals surface area contributed by atoms with E-state index in [9.17, 15) is 0 Å². The second kappa shape index (κ2) is 8.22. The summed E-state index contributed by atoms with van der Waals surface area (Å²) in [6, 6.07) is 7.43. The van der Waals surface area contributed by atoms with Crippen LogP contribution < -0.4 is 0 Å². The van der Waals surface area contributed by atoms with E-state index in [2.05, 4.69) is 37.2 Å². The first-order valence-electron chi connectivity index (χ1n) is 8.39. The van der Waals surface area contributed by atoms with E-state index in [0.29, 0.717) is 29.9 Å². The zero-order valence-electron chi connectivity index (χ0n) is 14.4. The highest BCUT2D eigenvalue weighted by molar-refractivity contribution is 6.33. The minimum absolute atomic E-state index is 0.435. The Balaban J connectivity index is 1.71. The third-order valence-electron chi connectivity index (χ3n) is 3.74. The first-order chi connectivity index (χ1) is 12.2. The van der Waals surface area contributed by atoms with Crippen LogP contribution in [0.25, 0.3) is 11.5 Å². The van der Waals surface area contributed by atoms with Crippen molar-refractivity contribution in [1.29, 1.82) is 0 Å². The number of nitrogens with zero attached hydrogens (tertiary/aromatic N) is 5. The molecule has 25 heavy (non-hydrogen) atoms. The number of aromatic nitrogens is 5. The van der Waals surface area contributed by atoms with Crippen molar-refractivity contribution < 1.29 is 4.42 Å². The van der Waals surface area contributed by atoms with Crippen LogP contribution in [0.1, 0.15) is 37.8 Å². The highest BCUT2D eigenvalue weighted by atomic mass is 35.5. The van der Waals surface area contributed by atoms with E-state index < -0.39 is 0 Å². The van der Waals surface area contributed by atoms with Gasteiger partial charge in [-0.15, -0.1) is 10.2 Å². The van der Waals surface area contributed by atoms with Crippen molar-refractivity contribution in [3.8, 4) is 11.5 Å². The number of H-pyrrole nitrogens is 1. The third kappa shape index (κ3) is 4.43. The minimum Gasteiger partial charge on any atom is -0.419 e. The van der Waals surface area contributed by atoms with E-state index in [1.165, 1.54) is 0 Å². The van der Waals surface area contributed by atoms with Crippen LogP contribution in [-0.2, 0) is 19.5 Å². The molecule has 1 N–H and O–H groups in total. The van der Waals surface area contributed by atoms with Crippen LogP contribution in [0.4, 0.5) is 0 Å². The molecule has 0 atom stereocenters. The van der Waals surface area contributed by atoms with Gasteiger partial charge in [0.2, 0.25) is 11.8 Å². The molecule has 3 aromatic rings. The molecule has 0 radical (unpaired) electrons. The number of aromatic amines is 1. The topological polar surface area (TPSA) is 83.7 Å². The van der Waals surface area contributed by atoms with Crippen LogP contribution in [0, 0.1) is 0 Å². The molecule has 1 aromatic carbocycles. The van der Waals surface area contributed by atoms with Crippen molar-refractivity contribution in [1.82, 2.24) is 30.3 Å². The fourth-order valence-corrected chi connectivity index (χ4v) is 2.77. The van der Waals surface area contributed by atoms with Gasteiger partial charge in [0.15, 0.2) is 0 Å². The average Bonchev–Trinajstić information content (AvgIpc) is 3.25. The molecular formula is C17H21ClN6O. The average molecular weight is 361 g/mol. The van der Waals surface area contributed by atoms with Gasteiger partial charge in [0.05, 0.1) is 23.7 Å². The van der Waals surface area contributed by atoms with Crippen molar-refractivity contribution in [2.45, 2.75) is 39.8 Å². The van der Waals surface area contributed by atoms with Gasteiger partial charge < -0.3 is 4.42 Å². The molecule has 0 saturated heterocycles. The van der Waals surface area contributed by atoms with E-state index in [4.69, 9.17) is 16.0 Å². The fraction of sp³-hybridized carbons (Fsp3) is 0.412. The molecule has 0 fully saturated rings. The number of hydrogen-bond acceptors (Lipinski definition) is 6. The number of halogens is 1. The van der Waals surface area contributed by atoms with Gasteiger partial charge in [-0.25, -0.2) is 4.98 Å². The summed E-state index contributed by atoms with van der Waals surface area (Å²) in [6.07, 6.45) is 1.83. The molecule has 0 saturated carbocycles. The summed E-state index contributed by atoms with van der Waals surface area (Å²) in [5, 5.41) is 16.0. The summed E-state index contributed by atoms with van der Waals surface area (Å²) in [5.74, 6) is 2.66. The van der Waals surface area contributed by atoms with Crippen LogP contribution in [0.15, 0.2) is 28.7 Å². The maximum atomic E-state index is 6.19. The van der Waals surface area contributed by atoms with E-state index in [1.807, 2.05) is 25.1 Å². The van der Waals surface area contributed by atoms with Gasteiger partial charge >= 0.3 is 0 Å². The Morgan fingerprint density at radius 2 is 2.00 bits per heavy atom. The molecule has 3 rings (SSSR count). The van der Waals surface area contributed by atoms with E-state index in [1.54, 1.807) is 6.07 Å². The van der Waals surface area contributed by atoms with Crippen molar-refractivity contribution in [2.24, 2.45) is 0 Å². The van der Waals surface area contributed by atoms with Gasteiger partial charge in [-0.1, -0.05) is 37.6 Å². The van der Waals surface area contributed by atoms with Crippen LogP contribution in [0.3, 0.4) is 0 Å². The molecule has 8 heteroatoms. The lowest BCUT2D eigenvalue weighted by atomic mass is 10.2. The summed E-state index contributed by atoms with van der Waals surface area (Å²) in [6.45, 7) is 6.27. The molecule has 0 bridgehead atoms. The molecule has 0 spiro atoms. The summed E-state index contributed by atoms with van der Waals surface area (Å²) in [7, 11) is 0. The maximum Gasteiger partial charge on any atom is 0.249 e. The Hall–Kier alpha value is -2.25. The lowest BCUT2D eigenvalue weighted by Crippen LogP contribution is -2.24. The Kier molecular flexibility index (Phi) is 5.78. The molecule has 2 aromatic heterocycles. The zero-order valence-corrected chi connectivity index (χ0v) is 15.1. The predicted octanol–water partition coefficient (Wildman–Crippen LogP) is 3.48. The molecule has 7 nitrogen and oxygen atoms in total.